The summed E-state index contributed by atoms with van der Waals surface area (Å²) < 4.78 is 0. The van der Waals surface area contributed by atoms with Crippen LogP contribution < -0.4 is 10.6 Å². The largest absolute Gasteiger partial charge is 0.307 e. The van der Waals surface area contributed by atoms with Crippen molar-refractivity contribution in [3.63, 3.8) is 0 Å². The molecule has 0 aromatic carbocycles. The summed E-state index contributed by atoms with van der Waals surface area (Å²) in [6.45, 7) is 5.17. The third-order valence-corrected chi connectivity index (χ3v) is 4.84. The van der Waals surface area contributed by atoms with E-state index >= 15 is 0 Å². The predicted molar refractivity (Wildman–Crippen MR) is 110 cm³/mol. The lowest BCUT2D eigenvalue weighted by molar-refractivity contribution is -0.117. The van der Waals surface area contributed by atoms with Crippen LogP contribution in [0.15, 0.2) is 55.5 Å². The Morgan fingerprint density at radius 1 is 1.21 bits per heavy atom. The number of thiazole rings is 1. The normalized spacial score (nSPS) is 11.2. The molecule has 9 heteroatoms. The topological polar surface area (TPSA) is 121 Å². The van der Waals surface area contributed by atoms with Gasteiger partial charge in [-0.05, 0) is 42.8 Å². The molecule has 29 heavy (non-hydrogen) atoms. The standard InChI is InChI=1S/C20H16N6O2S/c1-3-18(27)25-17-5-4-14(10-23-17)16-8-13(6-7-22-16)12(2)19(28)26-20-24-11-15(9-21)29-20/h3-8,10-12H,1H2,2H3,(H,23,25,27)(H,24,26,28). The monoisotopic (exact) mass is 404 g/mol. The number of nitrogens with zero attached hydrogens (tertiary/aromatic N) is 4. The van der Waals surface area contributed by atoms with Gasteiger partial charge in [0.1, 0.15) is 16.8 Å². The van der Waals surface area contributed by atoms with Crippen LogP contribution in [0.4, 0.5) is 10.9 Å². The van der Waals surface area contributed by atoms with Crippen molar-refractivity contribution >= 4 is 34.1 Å². The Labute approximate surface area is 171 Å². The summed E-state index contributed by atoms with van der Waals surface area (Å²) in [6, 6.07) is 9.01. The average molecular weight is 404 g/mol. The van der Waals surface area contributed by atoms with E-state index in [1.807, 2.05) is 12.1 Å². The molecule has 0 aliphatic rings. The minimum atomic E-state index is -0.453. The van der Waals surface area contributed by atoms with E-state index in [1.165, 1.54) is 12.3 Å². The highest BCUT2D eigenvalue weighted by molar-refractivity contribution is 7.16. The van der Waals surface area contributed by atoms with Gasteiger partial charge in [0.2, 0.25) is 11.8 Å². The number of anilines is 2. The molecule has 144 valence electrons. The third kappa shape index (κ3) is 4.88. The van der Waals surface area contributed by atoms with Crippen LogP contribution >= 0.6 is 11.3 Å². The summed E-state index contributed by atoms with van der Waals surface area (Å²) in [7, 11) is 0. The number of nitriles is 1. The fourth-order valence-electron chi connectivity index (χ4n) is 2.42. The first-order valence-corrected chi connectivity index (χ1v) is 9.34. The van der Waals surface area contributed by atoms with Gasteiger partial charge in [0.15, 0.2) is 5.13 Å². The summed E-state index contributed by atoms with van der Waals surface area (Å²) in [4.78, 5) is 36.8. The lowest BCUT2D eigenvalue weighted by atomic mass is 9.99. The number of hydrogen-bond acceptors (Lipinski definition) is 7. The maximum absolute atomic E-state index is 12.5. The molecular weight excluding hydrogens is 388 g/mol. The Hall–Kier alpha value is -3.90. The van der Waals surface area contributed by atoms with E-state index in [0.717, 1.165) is 22.5 Å². The molecule has 0 radical (unpaired) electrons. The van der Waals surface area contributed by atoms with Crippen molar-refractivity contribution in [3.8, 4) is 17.3 Å². The zero-order chi connectivity index (χ0) is 20.8. The van der Waals surface area contributed by atoms with Gasteiger partial charge in [0.25, 0.3) is 0 Å². The fourth-order valence-corrected chi connectivity index (χ4v) is 3.04. The maximum atomic E-state index is 12.5. The number of carbonyl (C=O) groups excluding carboxylic acids is 2. The highest BCUT2D eigenvalue weighted by atomic mass is 32.1. The minimum Gasteiger partial charge on any atom is -0.307 e. The number of hydrogen-bond donors (Lipinski definition) is 2. The fraction of sp³-hybridized carbons (Fsp3) is 0.100. The van der Waals surface area contributed by atoms with E-state index in [1.54, 1.807) is 37.5 Å². The number of pyridine rings is 2. The van der Waals surface area contributed by atoms with Gasteiger partial charge in [0, 0.05) is 18.0 Å². The average Bonchev–Trinajstić information content (AvgIpc) is 3.21. The zero-order valence-electron chi connectivity index (χ0n) is 15.4. The van der Waals surface area contributed by atoms with Crippen LogP contribution in [0.5, 0.6) is 0 Å². The molecular formula is C20H16N6O2S. The molecule has 0 spiro atoms. The number of carbonyl (C=O) groups is 2. The molecule has 0 saturated carbocycles. The van der Waals surface area contributed by atoms with Gasteiger partial charge in [0.05, 0.1) is 17.8 Å². The van der Waals surface area contributed by atoms with Crippen molar-refractivity contribution in [1.82, 2.24) is 15.0 Å². The lowest BCUT2D eigenvalue weighted by Crippen LogP contribution is -2.18. The molecule has 0 aliphatic heterocycles. The molecule has 3 rings (SSSR count). The minimum absolute atomic E-state index is 0.235. The van der Waals surface area contributed by atoms with E-state index in [-0.39, 0.29) is 11.8 Å². The SMILES string of the molecule is C=CC(=O)Nc1ccc(-c2cc(C(C)C(=O)Nc3ncc(C#N)s3)ccn2)cn1. The van der Waals surface area contributed by atoms with Gasteiger partial charge in [-0.25, -0.2) is 9.97 Å². The smallest absolute Gasteiger partial charge is 0.248 e. The maximum Gasteiger partial charge on any atom is 0.248 e. The first-order chi connectivity index (χ1) is 14.0. The van der Waals surface area contributed by atoms with Crippen LogP contribution in [0.3, 0.4) is 0 Å². The summed E-state index contributed by atoms with van der Waals surface area (Å²) >= 11 is 1.12. The summed E-state index contributed by atoms with van der Waals surface area (Å²) in [5.41, 5.74) is 2.17. The van der Waals surface area contributed by atoms with Crippen molar-refractivity contribution in [2.24, 2.45) is 0 Å². The van der Waals surface area contributed by atoms with Crippen LogP contribution in [-0.4, -0.2) is 26.8 Å². The van der Waals surface area contributed by atoms with Crippen LogP contribution in [-0.2, 0) is 9.59 Å². The van der Waals surface area contributed by atoms with Gasteiger partial charge in [-0.3, -0.25) is 14.6 Å². The number of amides is 2. The highest BCUT2D eigenvalue weighted by Crippen LogP contribution is 2.24. The van der Waals surface area contributed by atoms with Gasteiger partial charge in [-0.2, -0.15) is 5.26 Å². The first kappa shape index (κ1) is 19.9. The van der Waals surface area contributed by atoms with Crippen LogP contribution in [0.1, 0.15) is 23.3 Å². The summed E-state index contributed by atoms with van der Waals surface area (Å²) in [5, 5.41) is 14.5. The molecule has 2 N–H and O–H groups in total. The second-order valence-electron chi connectivity index (χ2n) is 5.95. The second-order valence-corrected chi connectivity index (χ2v) is 6.98. The molecule has 0 aliphatic carbocycles. The number of nitrogens with one attached hydrogen (secondary N) is 2. The molecule has 0 fully saturated rings. The zero-order valence-corrected chi connectivity index (χ0v) is 16.2. The van der Waals surface area contributed by atoms with Crippen molar-refractivity contribution in [2.45, 2.75) is 12.8 Å². The van der Waals surface area contributed by atoms with E-state index in [4.69, 9.17) is 5.26 Å². The molecule has 3 aromatic rings. The van der Waals surface area contributed by atoms with Crippen LogP contribution in [0.25, 0.3) is 11.3 Å². The summed E-state index contributed by atoms with van der Waals surface area (Å²) in [6.07, 6.45) is 5.80. The Bertz CT molecular complexity index is 1100. The molecule has 1 unspecified atom stereocenters. The van der Waals surface area contributed by atoms with Gasteiger partial charge in [-0.15, -0.1) is 0 Å². The molecule has 0 bridgehead atoms. The predicted octanol–water partition coefficient (Wildman–Crippen LogP) is 3.34. The Kier molecular flexibility index (Phi) is 6.06. The van der Waals surface area contributed by atoms with Crippen molar-refractivity contribution < 1.29 is 9.59 Å². The highest BCUT2D eigenvalue weighted by Gasteiger charge is 2.18. The number of rotatable bonds is 6. The number of aromatic nitrogens is 3. The van der Waals surface area contributed by atoms with E-state index in [2.05, 4.69) is 32.2 Å². The van der Waals surface area contributed by atoms with E-state index in [0.29, 0.717) is 21.5 Å². The quantitative estimate of drug-likeness (QED) is 0.608. The Morgan fingerprint density at radius 3 is 2.69 bits per heavy atom. The second kappa shape index (κ2) is 8.86. The Morgan fingerprint density at radius 2 is 2.03 bits per heavy atom. The molecule has 0 saturated heterocycles. The molecule has 3 aromatic heterocycles. The van der Waals surface area contributed by atoms with E-state index < -0.39 is 5.92 Å². The molecule has 1 atom stereocenters. The molecule has 8 nitrogen and oxygen atoms in total. The first-order valence-electron chi connectivity index (χ1n) is 8.52. The van der Waals surface area contributed by atoms with Gasteiger partial charge in [-0.1, -0.05) is 17.9 Å². The van der Waals surface area contributed by atoms with Crippen LogP contribution in [0.2, 0.25) is 0 Å². The lowest BCUT2D eigenvalue weighted by Gasteiger charge is -2.12. The summed E-state index contributed by atoms with van der Waals surface area (Å²) in [5.74, 6) is -0.623. The van der Waals surface area contributed by atoms with Crippen molar-refractivity contribution in [1.29, 1.82) is 5.26 Å². The van der Waals surface area contributed by atoms with Crippen molar-refractivity contribution in [3.05, 3.63) is 66.0 Å². The molecule has 3 heterocycles. The molecule has 2 amide bonds. The third-order valence-electron chi connectivity index (χ3n) is 4.02. The van der Waals surface area contributed by atoms with Gasteiger partial charge < -0.3 is 10.6 Å². The van der Waals surface area contributed by atoms with Crippen molar-refractivity contribution in [2.75, 3.05) is 10.6 Å². The van der Waals surface area contributed by atoms with Gasteiger partial charge >= 0.3 is 0 Å². The van der Waals surface area contributed by atoms with Crippen LogP contribution in [0, 0.1) is 11.3 Å². The Balaban J connectivity index is 1.74. The van der Waals surface area contributed by atoms with E-state index in [9.17, 15) is 9.59 Å².